The minimum absolute atomic E-state index is 0.0794. The largest absolute Gasteiger partial charge is 0.277 e. The average molecular weight is 398 g/mol. The van der Waals surface area contributed by atoms with Gasteiger partial charge in [-0.25, -0.2) is 4.57 Å². The zero-order chi connectivity index (χ0) is 21.3. The summed E-state index contributed by atoms with van der Waals surface area (Å²) in [4.78, 5) is 51.2. The molecule has 6 heteroatoms. The molecule has 148 valence electrons. The van der Waals surface area contributed by atoms with Gasteiger partial charge in [-0.3, -0.25) is 23.7 Å². The molecule has 2 heterocycles. The van der Waals surface area contributed by atoms with Crippen LogP contribution in [0.15, 0.2) is 67.7 Å². The quantitative estimate of drug-likeness (QED) is 0.458. The molecule has 0 bridgehead atoms. The molecule has 0 fully saturated rings. The summed E-state index contributed by atoms with van der Waals surface area (Å²) >= 11 is 0. The molecule has 5 rings (SSSR count). The minimum Gasteiger partial charge on any atom is -0.277 e. The number of hydrogen-bond acceptors (Lipinski definition) is 4. The van der Waals surface area contributed by atoms with Gasteiger partial charge in [0.1, 0.15) is 0 Å². The molecule has 0 atom stereocenters. The zero-order valence-electron chi connectivity index (χ0n) is 16.7. The number of fused-ring (bicyclic) bond motifs is 3. The van der Waals surface area contributed by atoms with Gasteiger partial charge in [0.2, 0.25) is 0 Å². The molecule has 2 aromatic heterocycles. The summed E-state index contributed by atoms with van der Waals surface area (Å²) in [7, 11) is 1.38. The average Bonchev–Trinajstić information content (AvgIpc) is 3.11. The number of nitrogens with zero attached hydrogens (tertiary/aromatic N) is 2. The van der Waals surface area contributed by atoms with Crippen LogP contribution in [0.3, 0.4) is 0 Å². The summed E-state index contributed by atoms with van der Waals surface area (Å²) in [6.45, 7) is 4.01. The Morgan fingerprint density at radius 2 is 1.13 bits per heavy atom. The lowest BCUT2D eigenvalue weighted by Crippen LogP contribution is -2.25. The van der Waals surface area contributed by atoms with E-state index in [2.05, 4.69) is 0 Å². The van der Waals surface area contributed by atoms with Gasteiger partial charge in [-0.15, -0.1) is 0 Å². The summed E-state index contributed by atoms with van der Waals surface area (Å²) in [5, 5.41) is 2.57. The predicted octanol–water partition coefficient (Wildman–Crippen LogP) is 2.72. The number of hydrogen-bond donors (Lipinski definition) is 0. The summed E-state index contributed by atoms with van der Waals surface area (Å²) in [6, 6.07) is 14.4. The van der Waals surface area contributed by atoms with Crippen LogP contribution in [0, 0.1) is 0 Å². The van der Waals surface area contributed by atoms with Crippen molar-refractivity contribution in [2.24, 2.45) is 7.05 Å². The zero-order valence-corrected chi connectivity index (χ0v) is 16.7. The smallest absolute Gasteiger partial charge is 0.266 e. The van der Waals surface area contributed by atoms with Crippen molar-refractivity contribution in [2.45, 2.75) is 19.8 Å². The number of aromatic nitrogens is 2. The molecule has 3 aromatic carbocycles. The molecular formula is C24H18N2O4. The molecule has 0 amide bonds. The number of benzene rings is 3. The van der Waals surface area contributed by atoms with Crippen LogP contribution in [0.2, 0.25) is 0 Å². The molecule has 6 nitrogen and oxygen atoms in total. The highest BCUT2D eigenvalue weighted by Crippen LogP contribution is 2.28. The van der Waals surface area contributed by atoms with Crippen molar-refractivity contribution in [1.29, 1.82) is 0 Å². The van der Waals surface area contributed by atoms with Crippen LogP contribution in [0.1, 0.15) is 25.3 Å². The summed E-state index contributed by atoms with van der Waals surface area (Å²) in [5.41, 5.74) is -0.489. The van der Waals surface area contributed by atoms with E-state index < -0.39 is 22.2 Å². The predicted molar refractivity (Wildman–Crippen MR) is 119 cm³/mol. The second-order valence-electron chi connectivity index (χ2n) is 7.97. The molecule has 0 aliphatic carbocycles. The van der Waals surface area contributed by atoms with Crippen molar-refractivity contribution in [3.8, 4) is 5.69 Å². The van der Waals surface area contributed by atoms with Gasteiger partial charge >= 0.3 is 0 Å². The van der Waals surface area contributed by atoms with Crippen LogP contribution in [-0.2, 0) is 7.05 Å². The Balaban J connectivity index is 1.94. The first-order valence-corrected chi connectivity index (χ1v) is 9.71. The lowest BCUT2D eigenvalue weighted by Gasteiger charge is -2.14. The van der Waals surface area contributed by atoms with Crippen molar-refractivity contribution in [1.82, 2.24) is 9.13 Å². The van der Waals surface area contributed by atoms with Gasteiger partial charge in [0.15, 0.2) is 0 Å². The van der Waals surface area contributed by atoms with E-state index in [1.54, 1.807) is 0 Å². The Morgan fingerprint density at radius 3 is 1.63 bits per heavy atom. The fraction of sp³-hybridized carbons (Fsp3) is 0.167. The minimum atomic E-state index is -0.482. The molecule has 0 radical (unpaired) electrons. The third-order valence-electron chi connectivity index (χ3n) is 5.85. The van der Waals surface area contributed by atoms with Gasteiger partial charge in [-0.05, 0) is 46.5 Å². The van der Waals surface area contributed by atoms with Gasteiger partial charge in [0.25, 0.3) is 22.2 Å². The van der Waals surface area contributed by atoms with E-state index in [0.717, 1.165) is 20.9 Å². The van der Waals surface area contributed by atoms with Crippen molar-refractivity contribution in [3.05, 3.63) is 95.5 Å². The normalized spacial score (nSPS) is 12.0. The van der Waals surface area contributed by atoms with E-state index in [0.29, 0.717) is 5.69 Å². The van der Waals surface area contributed by atoms with Gasteiger partial charge < -0.3 is 0 Å². The molecule has 0 unspecified atom stereocenters. The fourth-order valence-corrected chi connectivity index (χ4v) is 4.21. The lowest BCUT2D eigenvalue weighted by molar-refractivity contribution is 0.840. The van der Waals surface area contributed by atoms with E-state index in [4.69, 9.17) is 0 Å². The molecule has 5 aromatic rings. The maximum absolute atomic E-state index is 13.3. The highest BCUT2D eigenvalue weighted by Gasteiger charge is 2.21. The van der Waals surface area contributed by atoms with E-state index in [1.165, 1.54) is 23.7 Å². The SMILES string of the molecule is CC(C)c1cc2ccccc2cc1-n1c(=O)c2cc3c(=O)n(C)c(=O)c3cc2c1=O. The second-order valence-corrected chi connectivity index (χ2v) is 7.97. The maximum Gasteiger partial charge on any atom is 0.266 e. The highest BCUT2D eigenvalue weighted by molar-refractivity contribution is 5.98. The van der Waals surface area contributed by atoms with Crippen LogP contribution < -0.4 is 22.2 Å². The van der Waals surface area contributed by atoms with Crippen LogP contribution in [0.4, 0.5) is 0 Å². The maximum atomic E-state index is 13.3. The first kappa shape index (κ1) is 18.2. The highest BCUT2D eigenvalue weighted by atomic mass is 16.2. The molecule has 0 saturated heterocycles. The van der Waals surface area contributed by atoms with Crippen LogP contribution >= 0.6 is 0 Å². The second kappa shape index (κ2) is 6.10. The molecule has 0 spiro atoms. The Morgan fingerprint density at radius 1 is 0.667 bits per heavy atom. The van der Waals surface area contributed by atoms with E-state index in [9.17, 15) is 19.2 Å². The van der Waals surface area contributed by atoms with Crippen LogP contribution in [0.25, 0.3) is 38.0 Å². The van der Waals surface area contributed by atoms with Crippen molar-refractivity contribution < 1.29 is 0 Å². The fourth-order valence-electron chi connectivity index (χ4n) is 4.21. The summed E-state index contributed by atoms with van der Waals surface area (Å²) in [5.74, 6) is 0.0794. The molecule has 0 N–H and O–H groups in total. The van der Waals surface area contributed by atoms with Crippen LogP contribution in [0.5, 0.6) is 0 Å². The van der Waals surface area contributed by atoms with Gasteiger partial charge in [-0.1, -0.05) is 38.1 Å². The number of rotatable bonds is 2. The van der Waals surface area contributed by atoms with Crippen molar-refractivity contribution >= 4 is 32.3 Å². The van der Waals surface area contributed by atoms with Gasteiger partial charge in [0, 0.05) is 7.05 Å². The first-order chi connectivity index (χ1) is 14.3. The molecule has 0 saturated carbocycles. The van der Waals surface area contributed by atoms with E-state index in [-0.39, 0.29) is 27.5 Å². The summed E-state index contributed by atoms with van der Waals surface area (Å²) < 4.78 is 2.16. The molecule has 0 aliphatic rings. The Hall–Kier alpha value is -3.80. The monoisotopic (exact) mass is 398 g/mol. The third-order valence-corrected chi connectivity index (χ3v) is 5.85. The Kier molecular flexibility index (Phi) is 3.71. The third kappa shape index (κ3) is 2.30. The lowest BCUT2D eigenvalue weighted by atomic mass is 9.97. The summed E-state index contributed by atoms with van der Waals surface area (Å²) in [6.07, 6.45) is 0. The Labute approximate surface area is 169 Å². The van der Waals surface area contributed by atoms with Crippen molar-refractivity contribution in [3.63, 3.8) is 0 Å². The van der Waals surface area contributed by atoms with Crippen molar-refractivity contribution in [2.75, 3.05) is 0 Å². The Bertz CT molecular complexity index is 1630. The van der Waals surface area contributed by atoms with E-state index >= 15 is 0 Å². The standard InChI is InChI=1S/C24H18N2O4/c1-12(2)15-8-13-6-4-5-7-14(13)9-20(15)26-23(29)18-10-16-17(11-19(18)24(26)30)22(28)25(3)21(16)27/h4-12H,1-3H3. The first-order valence-electron chi connectivity index (χ1n) is 9.71. The molecule has 0 aliphatic heterocycles. The van der Waals surface area contributed by atoms with Gasteiger partial charge in [-0.2, -0.15) is 0 Å². The molecular weight excluding hydrogens is 380 g/mol. The van der Waals surface area contributed by atoms with Crippen LogP contribution in [-0.4, -0.2) is 9.13 Å². The molecule has 30 heavy (non-hydrogen) atoms. The van der Waals surface area contributed by atoms with E-state index in [1.807, 2.05) is 50.2 Å². The topological polar surface area (TPSA) is 78.1 Å². The van der Waals surface area contributed by atoms with Gasteiger partial charge in [0.05, 0.1) is 27.2 Å².